The maximum atomic E-state index is 5.69. The number of rotatable bonds is 4. The van der Waals surface area contributed by atoms with Crippen LogP contribution in [0.5, 0.6) is 0 Å². The summed E-state index contributed by atoms with van der Waals surface area (Å²) in [5.74, 6) is 0. The van der Waals surface area contributed by atoms with Crippen LogP contribution >= 0.6 is 0 Å². The zero-order chi connectivity index (χ0) is 13.1. The average molecular weight is 250 g/mol. The summed E-state index contributed by atoms with van der Waals surface area (Å²) in [6.07, 6.45) is 0.286. The number of hydrogen-bond acceptors (Lipinski definition) is 4. The normalized spacial score (nSPS) is 23.7. The molecule has 1 saturated heterocycles. The van der Waals surface area contributed by atoms with Gasteiger partial charge in [0.2, 0.25) is 0 Å². The lowest BCUT2D eigenvalue weighted by Gasteiger charge is -2.19. The quantitative estimate of drug-likeness (QED) is 0.875. The molecular formula is C14H22N2O2. The number of methoxy groups -OCH3 is 2. The molecule has 4 nitrogen and oxygen atoms in total. The van der Waals surface area contributed by atoms with Crippen molar-refractivity contribution in [1.82, 2.24) is 0 Å². The third-order valence-electron chi connectivity index (χ3n) is 3.73. The Balaban J connectivity index is 2.15. The number of aryl methyl sites for hydroxylation is 1. The molecule has 100 valence electrons. The summed E-state index contributed by atoms with van der Waals surface area (Å²) >= 11 is 0. The molecule has 2 atom stereocenters. The highest BCUT2D eigenvalue weighted by Crippen LogP contribution is 2.25. The Morgan fingerprint density at radius 1 is 1.22 bits per heavy atom. The molecule has 0 saturated carbocycles. The van der Waals surface area contributed by atoms with E-state index in [0.29, 0.717) is 6.54 Å². The smallest absolute Gasteiger partial charge is 0.102 e. The molecule has 1 heterocycles. The van der Waals surface area contributed by atoms with Gasteiger partial charge in [0.25, 0.3) is 0 Å². The van der Waals surface area contributed by atoms with Crippen LogP contribution in [0, 0.1) is 6.92 Å². The second kappa shape index (κ2) is 5.69. The molecule has 0 aliphatic carbocycles. The molecule has 2 N–H and O–H groups in total. The van der Waals surface area contributed by atoms with E-state index in [-0.39, 0.29) is 12.2 Å². The van der Waals surface area contributed by atoms with Gasteiger partial charge in [-0.3, -0.25) is 0 Å². The first kappa shape index (κ1) is 13.3. The molecule has 0 spiro atoms. The SMILES string of the molecule is COC1CN(c2ccc(CN)c(C)c2)CC1OC. The van der Waals surface area contributed by atoms with Gasteiger partial charge in [-0.2, -0.15) is 0 Å². The van der Waals surface area contributed by atoms with Crippen LogP contribution in [0.2, 0.25) is 0 Å². The largest absolute Gasteiger partial charge is 0.377 e. The monoisotopic (exact) mass is 250 g/mol. The summed E-state index contributed by atoms with van der Waals surface area (Å²) in [4.78, 5) is 2.30. The van der Waals surface area contributed by atoms with Gasteiger partial charge >= 0.3 is 0 Å². The second-order valence-electron chi connectivity index (χ2n) is 4.77. The van der Waals surface area contributed by atoms with Crippen LogP contribution in [-0.2, 0) is 16.0 Å². The standard InChI is InChI=1S/C14H22N2O2/c1-10-6-12(5-4-11(10)7-15)16-8-13(17-2)14(9-16)18-3/h4-6,13-14H,7-9,15H2,1-3H3. The fraction of sp³-hybridized carbons (Fsp3) is 0.571. The van der Waals surface area contributed by atoms with Gasteiger partial charge in [-0.25, -0.2) is 0 Å². The van der Waals surface area contributed by atoms with E-state index in [1.54, 1.807) is 14.2 Å². The zero-order valence-electron chi connectivity index (χ0n) is 11.3. The number of anilines is 1. The van der Waals surface area contributed by atoms with Crippen molar-refractivity contribution in [3.05, 3.63) is 29.3 Å². The molecule has 0 radical (unpaired) electrons. The van der Waals surface area contributed by atoms with E-state index in [0.717, 1.165) is 13.1 Å². The van der Waals surface area contributed by atoms with Crippen LogP contribution in [-0.4, -0.2) is 39.5 Å². The number of nitrogens with zero attached hydrogens (tertiary/aromatic N) is 1. The first-order valence-corrected chi connectivity index (χ1v) is 6.29. The maximum absolute atomic E-state index is 5.69. The third-order valence-corrected chi connectivity index (χ3v) is 3.73. The molecule has 4 heteroatoms. The molecule has 1 aromatic carbocycles. The highest BCUT2D eigenvalue weighted by molar-refractivity contribution is 5.52. The predicted octanol–water partition coefficient (Wildman–Crippen LogP) is 1.30. The molecular weight excluding hydrogens is 228 g/mol. The fourth-order valence-electron chi connectivity index (χ4n) is 2.51. The molecule has 0 amide bonds. The fourth-order valence-corrected chi connectivity index (χ4v) is 2.51. The van der Waals surface area contributed by atoms with Gasteiger partial charge in [-0.1, -0.05) is 6.07 Å². The summed E-state index contributed by atoms with van der Waals surface area (Å²) in [5.41, 5.74) is 9.34. The molecule has 1 aromatic rings. The van der Waals surface area contributed by atoms with E-state index >= 15 is 0 Å². The van der Waals surface area contributed by atoms with Crippen LogP contribution in [0.1, 0.15) is 11.1 Å². The van der Waals surface area contributed by atoms with E-state index in [4.69, 9.17) is 15.2 Å². The number of benzene rings is 1. The molecule has 2 rings (SSSR count). The van der Waals surface area contributed by atoms with Crippen LogP contribution in [0.4, 0.5) is 5.69 Å². The first-order valence-electron chi connectivity index (χ1n) is 6.29. The Morgan fingerprint density at radius 2 is 1.83 bits per heavy atom. The minimum absolute atomic E-state index is 0.143. The molecule has 1 aliphatic heterocycles. The summed E-state index contributed by atoms with van der Waals surface area (Å²) in [5, 5.41) is 0. The van der Waals surface area contributed by atoms with Gasteiger partial charge in [0, 0.05) is 39.5 Å². The Morgan fingerprint density at radius 3 is 2.28 bits per heavy atom. The molecule has 0 aromatic heterocycles. The molecule has 1 aliphatic rings. The zero-order valence-corrected chi connectivity index (χ0v) is 11.3. The van der Waals surface area contributed by atoms with Crippen molar-refractivity contribution in [2.24, 2.45) is 5.73 Å². The van der Waals surface area contributed by atoms with E-state index in [1.165, 1.54) is 16.8 Å². The van der Waals surface area contributed by atoms with Gasteiger partial charge in [-0.15, -0.1) is 0 Å². The van der Waals surface area contributed by atoms with Crippen molar-refractivity contribution >= 4 is 5.69 Å². The Labute approximate surface area is 109 Å². The minimum Gasteiger partial charge on any atom is -0.377 e. The maximum Gasteiger partial charge on any atom is 0.102 e. The van der Waals surface area contributed by atoms with E-state index in [2.05, 4.69) is 30.0 Å². The number of hydrogen-bond donors (Lipinski definition) is 1. The van der Waals surface area contributed by atoms with Gasteiger partial charge in [0.05, 0.1) is 0 Å². The van der Waals surface area contributed by atoms with Crippen molar-refractivity contribution < 1.29 is 9.47 Å². The van der Waals surface area contributed by atoms with Crippen LogP contribution in [0.25, 0.3) is 0 Å². The topological polar surface area (TPSA) is 47.7 Å². The van der Waals surface area contributed by atoms with Gasteiger partial charge < -0.3 is 20.1 Å². The van der Waals surface area contributed by atoms with Gasteiger partial charge in [0.1, 0.15) is 12.2 Å². The van der Waals surface area contributed by atoms with Crippen molar-refractivity contribution in [2.75, 3.05) is 32.2 Å². The van der Waals surface area contributed by atoms with E-state index in [9.17, 15) is 0 Å². The van der Waals surface area contributed by atoms with Crippen LogP contribution in [0.15, 0.2) is 18.2 Å². The second-order valence-corrected chi connectivity index (χ2v) is 4.77. The first-order chi connectivity index (χ1) is 8.69. The molecule has 2 unspecified atom stereocenters. The van der Waals surface area contributed by atoms with Crippen LogP contribution in [0.3, 0.4) is 0 Å². The van der Waals surface area contributed by atoms with Crippen molar-refractivity contribution in [3.63, 3.8) is 0 Å². The third kappa shape index (κ3) is 2.51. The molecule has 1 fully saturated rings. The summed E-state index contributed by atoms with van der Waals surface area (Å²) in [6, 6.07) is 6.42. The lowest BCUT2D eigenvalue weighted by molar-refractivity contribution is -0.00461. The number of nitrogens with two attached hydrogens (primary N) is 1. The van der Waals surface area contributed by atoms with Gasteiger partial charge in [0.15, 0.2) is 0 Å². The van der Waals surface area contributed by atoms with E-state index < -0.39 is 0 Å². The predicted molar refractivity (Wildman–Crippen MR) is 72.9 cm³/mol. The highest BCUT2D eigenvalue weighted by Gasteiger charge is 2.33. The Kier molecular flexibility index (Phi) is 4.22. The summed E-state index contributed by atoms with van der Waals surface area (Å²) in [7, 11) is 3.48. The molecule has 0 bridgehead atoms. The highest BCUT2D eigenvalue weighted by atomic mass is 16.5. The summed E-state index contributed by atoms with van der Waals surface area (Å²) in [6.45, 7) is 4.43. The molecule has 18 heavy (non-hydrogen) atoms. The average Bonchev–Trinajstić information content (AvgIpc) is 2.81. The van der Waals surface area contributed by atoms with Crippen molar-refractivity contribution in [3.8, 4) is 0 Å². The lowest BCUT2D eigenvalue weighted by Crippen LogP contribution is -2.27. The lowest BCUT2D eigenvalue weighted by atomic mass is 10.1. The Hall–Kier alpha value is -1.10. The van der Waals surface area contributed by atoms with Gasteiger partial charge in [-0.05, 0) is 30.2 Å². The van der Waals surface area contributed by atoms with Crippen molar-refractivity contribution in [1.29, 1.82) is 0 Å². The Bertz CT molecular complexity index is 397. The van der Waals surface area contributed by atoms with Crippen molar-refractivity contribution in [2.45, 2.75) is 25.7 Å². The minimum atomic E-state index is 0.143. The van der Waals surface area contributed by atoms with E-state index in [1.807, 2.05) is 0 Å². The number of ether oxygens (including phenoxy) is 2. The summed E-state index contributed by atoms with van der Waals surface area (Å²) < 4.78 is 10.9. The van der Waals surface area contributed by atoms with Crippen LogP contribution < -0.4 is 10.6 Å².